The summed E-state index contributed by atoms with van der Waals surface area (Å²) in [7, 11) is 0. The normalized spacial score (nSPS) is 12.8. The minimum Gasteiger partial charge on any atom is -0.466 e. The van der Waals surface area contributed by atoms with Crippen molar-refractivity contribution in [1.82, 2.24) is 5.32 Å². The first kappa shape index (κ1) is 31.6. The Morgan fingerprint density at radius 3 is 2.25 bits per heavy atom. The second-order valence-corrected chi connectivity index (χ2v) is 9.45. The second-order valence-electron chi connectivity index (χ2n) is 9.45. The smallest absolute Gasteiger partial charge is 0.416 e. The first-order chi connectivity index (χ1) is 16.9. The number of unbranched alkanes of at least 4 members (excludes halogenated alkanes) is 3. The van der Waals surface area contributed by atoms with Gasteiger partial charge in [0.1, 0.15) is 11.8 Å². The van der Waals surface area contributed by atoms with Crippen LogP contribution in [-0.2, 0) is 36.5 Å². The van der Waals surface area contributed by atoms with Crippen LogP contribution in [0.5, 0.6) is 0 Å². The third-order valence-corrected chi connectivity index (χ3v) is 5.90. The molecule has 1 rings (SSSR count). The first-order valence-electron chi connectivity index (χ1n) is 12.7. The van der Waals surface area contributed by atoms with Crippen LogP contribution in [0.2, 0.25) is 0 Å². The highest BCUT2D eigenvalue weighted by Crippen LogP contribution is 2.31. The number of hydrogen-bond acceptors (Lipinski definition) is 6. The van der Waals surface area contributed by atoms with Crippen molar-refractivity contribution in [3.8, 4) is 0 Å². The number of benzene rings is 1. The van der Waals surface area contributed by atoms with Gasteiger partial charge in [-0.2, -0.15) is 13.2 Å². The minimum atomic E-state index is -4.43. The van der Waals surface area contributed by atoms with Gasteiger partial charge in [0, 0.05) is 24.8 Å². The average Bonchev–Trinajstić information content (AvgIpc) is 2.79. The molecule has 0 radical (unpaired) electrons. The molecular weight excluding hydrogens is 475 g/mol. The van der Waals surface area contributed by atoms with E-state index in [9.17, 15) is 27.6 Å². The van der Waals surface area contributed by atoms with Gasteiger partial charge in [0.25, 0.3) is 0 Å². The second kappa shape index (κ2) is 15.6. The third kappa shape index (κ3) is 12.0. The van der Waals surface area contributed by atoms with E-state index in [2.05, 4.69) is 5.32 Å². The van der Waals surface area contributed by atoms with Crippen LogP contribution in [0.15, 0.2) is 24.3 Å². The van der Waals surface area contributed by atoms with E-state index in [-0.39, 0.29) is 43.7 Å². The SMILES string of the molecule is CCOC(=O)CCCCCCC(NCCC(=O)C(C)(C)Cc1cccc(C(F)(F)F)c1)C(=O)OCC. The van der Waals surface area contributed by atoms with E-state index in [1.807, 2.05) is 0 Å². The zero-order valence-corrected chi connectivity index (χ0v) is 21.8. The van der Waals surface area contributed by atoms with Crippen molar-refractivity contribution < 1.29 is 37.0 Å². The Morgan fingerprint density at radius 2 is 1.61 bits per heavy atom. The number of halogens is 3. The largest absolute Gasteiger partial charge is 0.466 e. The summed E-state index contributed by atoms with van der Waals surface area (Å²) in [5.41, 5.74) is -1.14. The number of alkyl halides is 3. The number of nitrogens with one attached hydrogen (secondary N) is 1. The Morgan fingerprint density at radius 1 is 0.944 bits per heavy atom. The number of carbonyl (C=O) groups is 3. The number of hydrogen-bond donors (Lipinski definition) is 1. The number of rotatable bonds is 17. The third-order valence-electron chi connectivity index (χ3n) is 5.90. The molecule has 0 spiro atoms. The molecule has 0 bridgehead atoms. The zero-order chi connectivity index (χ0) is 27.2. The van der Waals surface area contributed by atoms with Gasteiger partial charge in [-0.25, -0.2) is 0 Å². The fraction of sp³-hybridized carbons (Fsp3) is 0.667. The van der Waals surface area contributed by atoms with Crippen LogP contribution in [0.25, 0.3) is 0 Å². The number of ether oxygens (including phenoxy) is 2. The minimum absolute atomic E-state index is 0.103. The van der Waals surface area contributed by atoms with Crippen LogP contribution in [-0.4, -0.2) is 43.5 Å². The highest BCUT2D eigenvalue weighted by atomic mass is 19.4. The lowest BCUT2D eigenvalue weighted by atomic mass is 9.80. The topological polar surface area (TPSA) is 81.7 Å². The van der Waals surface area contributed by atoms with Gasteiger partial charge in [0.15, 0.2) is 0 Å². The standard InChI is InChI=1S/C27H40F3NO5/c1-5-35-24(33)15-10-8-7-9-14-22(25(34)36-6-2)31-17-16-23(32)26(3,4)19-20-12-11-13-21(18-20)27(28,29)30/h11-13,18,22,31H,5-10,14-17,19H2,1-4H3. The van der Waals surface area contributed by atoms with Gasteiger partial charge in [-0.05, 0) is 44.7 Å². The Bertz CT molecular complexity index is 839. The fourth-order valence-corrected chi connectivity index (χ4v) is 3.92. The van der Waals surface area contributed by atoms with Crippen LogP contribution in [0.1, 0.15) is 83.8 Å². The monoisotopic (exact) mass is 515 g/mol. The van der Waals surface area contributed by atoms with Gasteiger partial charge >= 0.3 is 18.1 Å². The Kier molecular flexibility index (Phi) is 13.7. The van der Waals surface area contributed by atoms with Crippen molar-refractivity contribution in [2.24, 2.45) is 5.41 Å². The summed E-state index contributed by atoms with van der Waals surface area (Å²) in [6, 6.07) is 4.48. The predicted octanol–water partition coefficient (Wildman–Crippen LogP) is 5.66. The molecule has 1 N–H and O–H groups in total. The molecule has 0 fully saturated rings. The molecule has 0 saturated heterocycles. The van der Waals surface area contributed by atoms with E-state index in [0.717, 1.165) is 37.8 Å². The maximum absolute atomic E-state index is 13.0. The zero-order valence-electron chi connectivity index (χ0n) is 21.8. The summed E-state index contributed by atoms with van der Waals surface area (Å²) in [5, 5.41) is 3.11. The Labute approximate surface area is 212 Å². The van der Waals surface area contributed by atoms with Crippen molar-refractivity contribution in [3.63, 3.8) is 0 Å². The highest BCUT2D eigenvalue weighted by molar-refractivity contribution is 5.84. The van der Waals surface area contributed by atoms with Crippen LogP contribution in [0, 0.1) is 5.41 Å². The molecule has 0 aromatic heterocycles. The van der Waals surface area contributed by atoms with E-state index >= 15 is 0 Å². The van der Waals surface area contributed by atoms with Gasteiger partial charge in [0.2, 0.25) is 0 Å². The van der Waals surface area contributed by atoms with Gasteiger partial charge in [-0.1, -0.05) is 51.3 Å². The van der Waals surface area contributed by atoms with E-state index in [1.165, 1.54) is 6.07 Å². The summed E-state index contributed by atoms with van der Waals surface area (Å²) in [4.78, 5) is 36.6. The van der Waals surface area contributed by atoms with Crippen molar-refractivity contribution >= 4 is 17.7 Å². The molecule has 1 aromatic rings. The summed E-state index contributed by atoms with van der Waals surface area (Å²) < 4.78 is 49.0. The molecule has 6 nitrogen and oxygen atoms in total. The van der Waals surface area contributed by atoms with Crippen molar-refractivity contribution in [2.45, 2.75) is 91.3 Å². The molecule has 1 aromatic carbocycles. The van der Waals surface area contributed by atoms with Gasteiger partial charge in [0.05, 0.1) is 18.8 Å². The Hall–Kier alpha value is -2.42. The quantitative estimate of drug-likeness (QED) is 0.213. The van der Waals surface area contributed by atoms with Crippen molar-refractivity contribution in [3.05, 3.63) is 35.4 Å². The van der Waals surface area contributed by atoms with Crippen LogP contribution in [0.4, 0.5) is 13.2 Å². The van der Waals surface area contributed by atoms with Crippen molar-refractivity contribution in [2.75, 3.05) is 19.8 Å². The molecule has 0 aliphatic rings. The molecule has 0 heterocycles. The maximum atomic E-state index is 13.0. The molecular formula is C27H40F3NO5. The maximum Gasteiger partial charge on any atom is 0.416 e. The number of carbonyl (C=O) groups excluding carboxylic acids is 3. The summed E-state index contributed by atoms with van der Waals surface area (Å²) in [6.07, 6.45) is -0.0101. The Balaban J connectivity index is 2.54. The lowest BCUT2D eigenvalue weighted by Crippen LogP contribution is -2.40. The molecule has 1 atom stereocenters. The summed E-state index contributed by atoms with van der Waals surface area (Å²) in [5.74, 6) is -0.683. The van der Waals surface area contributed by atoms with Gasteiger partial charge in [-0.15, -0.1) is 0 Å². The fourth-order valence-electron chi connectivity index (χ4n) is 3.92. The molecule has 204 valence electrons. The summed E-state index contributed by atoms with van der Waals surface area (Å²) >= 11 is 0. The van der Waals surface area contributed by atoms with E-state index < -0.39 is 23.2 Å². The van der Waals surface area contributed by atoms with E-state index in [0.29, 0.717) is 25.0 Å². The lowest BCUT2D eigenvalue weighted by Gasteiger charge is -2.24. The molecule has 36 heavy (non-hydrogen) atoms. The van der Waals surface area contributed by atoms with Crippen LogP contribution < -0.4 is 5.32 Å². The molecule has 0 saturated carbocycles. The summed E-state index contributed by atoms with van der Waals surface area (Å²) in [6.45, 7) is 7.81. The lowest BCUT2D eigenvalue weighted by molar-refractivity contribution is -0.146. The number of Topliss-reactive ketones (excluding diaryl/α,β-unsaturated/α-hetero) is 1. The van der Waals surface area contributed by atoms with Gasteiger partial charge < -0.3 is 14.8 Å². The molecule has 0 amide bonds. The van der Waals surface area contributed by atoms with Gasteiger partial charge in [-0.3, -0.25) is 14.4 Å². The van der Waals surface area contributed by atoms with Crippen LogP contribution in [0.3, 0.4) is 0 Å². The number of ketones is 1. The molecule has 1 unspecified atom stereocenters. The average molecular weight is 516 g/mol. The number of esters is 2. The predicted molar refractivity (Wildman–Crippen MR) is 131 cm³/mol. The van der Waals surface area contributed by atoms with E-state index in [1.54, 1.807) is 33.8 Å². The van der Waals surface area contributed by atoms with Crippen molar-refractivity contribution in [1.29, 1.82) is 0 Å². The highest BCUT2D eigenvalue weighted by Gasteiger charge is 2.32. The molecule has 0 aliphatic heterocycles. The van der Waals surface area contributed by atoms with Crippen LogP contribution >= 0.6 is 0 Å². The molecule has 9 heteroatoms. The van der Waals surface area contributed by atoms with E-state index in [4.69, 9.17) is 9.47 Å². The first-order valence-corrected chi connectivity index (χ1v) is 12.7. The molecule has 0 aliphatic carbocycles.